The van der Waals surface area contributed by atoms with Crippen molar-refractivity contribution in [1.29, 1.82) is 0 Å². The topological polar surface area (TPSA) is 92.9 Å². The van der Waals surface area contributed by atoms with Crippen LogP contribution in [0.3, 0.4) is 0 Å². The van der Waals surface area contributed by atoms with Crippen LogP contribution < -0.4 is 4.90 Å². The number of likely N-dealkylation sites (N-methyl/N-ethyl adjacent to an activating group) is 1. The molecule has 2 aliphatic rings. The normalized spacial score (nSPS) is 17.4. The first-order chi connectivity index (χ1) is 18.2. The van der Waals surface area contributed by atoms with E-state index in [1.807, 2.05) is 24.5 Å². The number of H-pyrrole nitrogens is 2. The molecule has 7 rings (SSSR count). The number of hydrogen-bond acceptors (Lipinski definition) is 7. The third kappa shape index (κ3) is 4.24. The van der Waals surface area contributed by atoms with Crippen LogP contribution in [0.25, 0.3) is 44.8 Å². The second-order valence-electron chi connectivity index (χ2n) is 10.3. The van der Waals surface area contributed by atoms with E-state index in [2.05, 4.69) is 66.2 Å². The lowest BCUT2D eigenvalue weighted by Crippen LogP contribution is -2.44. The monoisotopic (exact) mass is 493 g/mol. The van der Waals surface area contributed by atoms with Crippen LogP contribution in [0.2, 0.25) is 0 Å². The van der Waals surface area contributed by atoms with Gasteiger partial charge in [-0.25, -0.2) is 9.97 Å². The zero-order valence-electron chi connectivity index (χ0n) is 21.1. The smallest absolute Gasteiger partial charge is 0.161 e. The molecule has 0 spiro atoms. The third-order valence-electron chi connectivity index (χ3n) is 7.66. The van der Waals surface area contributed by atoms with E-state index in [4.69, 9.17) is 9.97 Å². The maximum absolute atomic E-state index is 5.02. The van der Waals surface area contributed by atoms with Crippen molar-refractivity contribution < 1.29 is 0 Å². The summed E-state index contributed by atoms with van der Waals surface area (Å²) in [7, 11) is 2.17. The minimum atomic E-state index is 0.730. The van der Waals surface area contributed by atoms with Gasteiger partial charge in [0.25, 0.3) is 0 Å². The van der Waals surface area contributed by atoms with Crippen molar-refractivity contribution in [2.45, 2.75) is 19.4 Å². The highest BCUT2D eigenvalue weighted by atomic mass is 15.3. The summed E-state index contributed by atoms with van der Waals surface area (Å²) in [6.07, 6.45) is 6.43. The molecule has 0 unspecified atom stereocenters. The van der Waals surface area contributed by atoms with Crippen LogP contribution in [0.5, 0.6) is 0 Å². The van der Waals surface area contributed by atoms with Crippen molar-refractivity contribution in [2.24, 2.45) is 0 Å². The Kier molecular flexibility index (Phi) is 5.59. The molecule has 0 saturated carbocycles. The quantitative estimate of drug-likeness (QED) is 0.383. The number of fused-ring (bicyclic) bond motifs is 2. The van der Waals surface area contributed by atoms with E-state index in [9.17, 15) is 0 Å². The summed E-state index contributed by atoms with van der Waals surface area (Å²) in [5, 5.41) is 7.75. The van der Waals surface area contributed by atoms with E-state index < -0.39 is 0 Å². The van der Waals surface area contributed by atoms with Crippen molar-refractivity contribution in [3.63, 3.8) is 0 Å². The summed E-state index contributed by atoms with van der Waals surface area (Å²) in [6, 6.07) is 12.6. The number of likely N-dealkylation sites (tertiary alicyclic amines) is 1. The Morgan fingerprint density at radius 2 is 1.73 bits per heavy atom. The zero-order chi connectivity index (χ0) is 24.8. The summed E-state index contributed by atoms with van der Waals surface area (Å²) in [4.78, 5) is 25.3. The van der Waals surface area contributed by atoms with Gasteiger partial charge in [0, 0.05) is 50.7 Å². The predicted molar refractivity (Wildman–Crippen MR) is 146 cm³/mol. The van der Waals surface area contributed by atoms with Gasteiger partial charge in [-0.3, -0.25) is 15.0 Å². The highest BCUT2D eigenvalue weighted by Crippen LogP contribution is 2.31. The second kappa shape index (κ2) is 9.24. The first-order valence-corrected chi connectivity index (χ1v) is 13.2. The standard InChI is InChI=1S/C28H31N9/c1-35-11-13-37(14-12-35)24-6-4-5-22-25(24)32-28(31-22)27-26-23(33-34-27)8-7-21(30-26)20-15-19(16-29-17-20)18-36-9-2-3-10-36/h4-8,15-17H,2-3,9-14,18H2,1H3,(H,31,32)(H,33,34). The molecule has 2 saturated heterocycles. The average molecular weight is 494 g/mol. The van der Waals surface area contributed by atoms with Crippen molar-refractivity contribution >= 4 is 27.8 Å². The largest absolute Gasteiger partial charge is 0.367 e. The van der Waals surface area contributed by atoms with Gasteiger partial charge in [0.1, 0.15) is 11.0 Å². The van der Waals surface area contributed by atoms with E-state index in [0.29, 0.717) is 0 Å². The lowest BCUT2D eigenvalue weighted by atomic mass is 10.1. The molecular weight excluding hydrogens is 462 g/mol. The Balaban J connectivity index is 1.24. The van der Waals surface area contributed by atoms with Crippen molar-refractivity contribution in [3.8, 4) is 22.8 Å². The van der Waals surface area contributed by atoms with E-state index >= 15 is 0 Å². The molecule has 0 aliphatic carbocycles. The number of para-hydroxylation sites is 1. The van der Waals surface area contributed by atoms with Gasteiger partial charge in [-0.2, -0.15) is 5.10 Å². The van der Waals surface area contributed by atoms with Gasteiger partial charge in [0.05, 0.1) is 22.4 Å². The van der Waals surface area contributed by atoms with Crippen LogP contribution in [0.15, 0.2) is 48.8 Å². The number of benzene rings is 1. The average Bonchev–Trinajstić information content (AvgIpc) is 3.68. The van der Waals surface area contributed by atoms with E-state index in [-0.39, 0.29) is 0 Å². The van der Waals surface area contributed by atoms with Gasteiger partial charge in [0.2, 0.25) is 0 Å². The summed E-state index contributed by atoms with van der Waals surface area (Å²) < 4.78 is 0. The number of rotatable bonds is 5. The molecule has 9 heteroatoms. The van der Waals surface area contributed by atoms with Crippen LogP contribution in [0, 0.1) is 0 Å². The fourth-order valence-electron chi connectivity index (χ4n) is 5.57. The van der Waals surface area contributed by atoms with Crippen LogP contribution in [0.4, 0.5) is 5.69 Å². The number of pyridine rings is 2. The summed E-state index contributed by atoms with van der Waals surface area (Å²) in [5.41, 5.74) is 8.73. The molecule has 0 bridgehead atoms. The number of imidazole rings is 1. The summed E-state index contributed by atoms with van der Waals surface area (Å²) >= 11 is 0. The van der Waals surface area contributed by atoms with Crippen molar-refractivity contribution in [1.82, 2.24) is 39.9 Å². The number of nitrogens with zero attached hydrogens (tertiary/aromatic N) is 7. The maximum atomic E-state index is 5.02. The molecule has 4 aromatic heterocycles. The van der Waals surface area contributed by atoms with Crippen LogP contribution in [-0.2, 0) is 6.54 Å². The minimum absolute atomic E-state index is 0.730. The number of hydrogen-bond donors (Lipinski definition) is 2. The lowest BCUT2D eigenvalue weighted by molar-refractivity contribution is 0.313. The molecule has 2 aliphatic heterocycles. The molecule has 1 aromatic carbocycles. The molecular formula is C28H31N9. The van der Waals surface area contributed by atoms with E-state index in [0.717, 1.165) is 77.6 Å². The maximum Gasteiger partial charge on any atom is 0.161 e. The molecule has 188 valence electrons. The lowest BCUT2D eigenvalue weighted by Gasteiger charge is -2.34. The molecule has 0 radical (unpaired) electrons. The van der Waals surface area contributed by atoms with Crippen molar-refractivity contribution in [2.75, 3.05) is 51.2 Å². The Bertz CT molecular complexity index is 1550. The molecule has 0 amide bonds. The zero-order valence-corrected chi connectivity index (χ0v) is 21.1. The molecule has 0 atom stereocenters. The third-order valence-corrected chi connectivity index (χ3v) is 7.66. The Morgan fingerprint density at radius 3 is 2.59 bits per heavy atom. The molecule has 2 fully saturated rings. The van der Waals surface area contributed by atoms with Crippen LogP contribution >= 0.6 is 0 Å². The second-order valence-corrected chi connectivity index (χ2v) is 10.3. The predicted octanol–water partition coefficient (Wildman–Crippen LogP) is 3.91. The van der Waals surface area contributed by atoms with Crippen LogP contribution in [-0.4, -0.2) is 86.2 Å². The van der Waals surface area contributed by atoms with Crippen LogP contribution in [0.1, 0.15) is 18.4 Å². The van der Waals surface area contributed by atoms with Crippen molar-refractivity contribution in [3.05, 3.63) is 54.4 Å². The number of aromatic nitrogens is 6. The molecule has 6 heterocycles. The highest BCUT2D eigenvalue weighted by Gasteiger charge is 2.20. The number of aromatic amines is 2. The van der Waals surface area contributed by atoms with Gasteiger partial charge >= 0.3 is 0 Å². The highest BCUT2D eigenvalue weighted by molar-refractivity contribution is 5.95. The summed E-state index contributed by atoms with van der Waals surface area (Å²) in [6.45, 7) is 7.38. The van der Waals surface area contributed by atoms with Gasteiger partial charge in [-0.05, 0) is 68.9 Å². The molecule has 2 N–H and O–H groups in total. The first-order valence-electron chi connectivity index (χ1n) is 13.2. The fourth-order valence-corrected chi connectivity index (χ4v) is 5.57. The molecule has 5 aromatic rings. The number of nitrogens with one attached hydrogen (secondary N) is 2. The summed E-state index contributed by atoms with van der Waals surface area (Å²) in [5.74, 6) is 0.730. The van der Waals surface area contributed by atoms with Gasteiger partial charge in [-0.1, -0.05) is 6.07 Å². The Hall–Kier alpha value is -3.82. The molecule has 37 heavy (non-hydrogen) atoms. The number of piperazine rings is 1. The van der Waals surface area contributed by atoms with E-state index in [1.165, 1.54) is 37.2 Å². The minimum Gasteiger partial charge on any atom is -0.367 e. The Morgan fingerprint density at radius 1 is 0.865 bits per heavy atom. The number of anilines is 1. The molecule has 9 nitrogen and oxygen atoms in total. The van der Waals surface area contributed by atoms with Gasteiger partial charge in [0.15, 0.2) is 11.5 Å². The fraction of sp³-hybridized carbons (Fsp3) is 0.357. The first kappa shape index (κ1) is 22.4. The SMILES string of the molecule is CN1CCN(c2cccc3[nH]c(-c4n[nH]c5ccc(-c6cncc(CN7CCCC7)c6)nc45)nc23)CC1. The van der Waals surface area contributed by atoms with Gasteiger partial charge in [-0.15, -0.1) is 0 Å². The van der Waals surface area contributed by atoms with Gasteiger partial charge < -0.3 is 14.8 Å². The Labute approximate surface area is 215 Å². The van der Waals surface area contributed by atoms with E-state index in [1.54, 1.807) is 0 Å².